The highest BCUT2D eigenvalue weighted by molar-refractivity contribution is 7.90. The predicted octanol–water partition coefficient (Wildman–Crippen LogP) is 0.264. The summed E-state index contributed by atoms with van der Waals surface area (Å²) >= 11 is 0. The van der Waals surface area contributed by atoms with Gasteiger partial charge in [0, 0.05) is 18.8 Å². The van der Waals surface area contributed by atoms with Gasteiger partial charge in [0.25, 0.3) is 0 Å². The van der Waals surface area contributed by atoms with Gasteiger partial charge >= 0.3 is 5.97 Å². The number of aliphatic carboxylic acids is 1. The van der Waals surface area contributed by atoms with E-state index < -0.39 is 21.7 Å². The smallest absolute Gasteiger partial charge is 0.308 e. The first-order valence-corrected chi connectivity index (χ1v) is 7.58. The van der Waals surface area contributed by atoms with E-state index in [0.717, 1.165) is 19.1 Å². The number of hydrogen-bond donors (Lipinski definition) is 2. The van der Waals surface area contributed by atoms with Crippen molar-refractivity contribution < 1.29 is 18.3 Å². The maximum absolute atomic E-state index is 11.1. The fraction of sp³-hybridized carbons (Fsp3) is 0.900. The molecule has 94 valence electrons. The van der Waals surface area contributed by atoms with Crippen molar-refractivity contribution in [1.29, 1.82) is 0 Å². The summed E-state index contributed by atoms with van der Waals surface area (Å²) in [5.74, 6) is -2.17. The molecule has 1 atom stereocenters. The monoisotopic (exact) mass is 249 g/mol. The molecular formula is C10H19NO4S. The van der Waals surface area contributed by atoms with Gasteiger partial charge in [0.05, 0.1) is 11.7 Å². The van der Waals surface area contributed by atoms with Crippen molar-refractivity contribution in [3.8, 4) is 0 Å². The topological polar surface area (TPSA) is 83.5 Å². The Morgan fingerprint density at radius 1 is 1.44 bits per heavy atom. The third-order valence-electron chi connectivity index (χ3n) is 2.86. The fourth-order valence-corrected chi connectivity index (χ4v) is 3.01. The van der Waals surface area contributed by atoms with Crippen LogP contribution in [0.4, 0.5) is 0 Å². The Bertz CT molecular complexity index is 333. The number of rotatable bonds is 6. The quantitative estimate of drug-likeness (QED) is 0.705. The number of nitrogens with one attached hydrogen (secondary N) is 1. The lowest BCUT2D eigenvalue weighted by Gasteiger charge is -2.16. The van der Waals surface area contributed by atoms with Crippen LogP contribution in [-0.2, 0) is 14.6 Å². The number of carbonyl (C=O) groups is 1. The molecule has 1 aliphatic rings. The van der Waals surface area contributed by atoms with Gasteiger partial charge in [-0.1, -0.05) is 12.8 Å². The maximum atomic E-state index is 11.1. The highest BCUT2D eigenvalue weighted by atomic mass is 32.2. The normalized spacial score (nSPS) is 19.8. The molecule has 0 spiro atoms. The van der Waals surface area contributed by atoms with Crippen LogP contribution in [0.3, 0.4) is 0 Å². The van der Waals surface area contributed by atoms with Crippen molar-refractivity contribution in [3.05, 3.63) is 0 Å². The molecule has 5 nitrogen and oxygen atoms in total. The average Bonchev–Trinajstić information content (AvgIpc) is 2.62. The summed E-state index contributed by atoms with van der Waals surface area (Å²) in [5.41, 5.74) is 0. The van der Waals surface area contributed by atoms with Crippen molar-refractivity contribution in [3.63, 3.8) is 0 Å². The van der Waals surface area contributed by atoms with Crippen molar-refractivity contribution in [2.45, 2.75) is 31.7 Å². The molecule has 0 bridgehead atoms. The van der Waals surface area contributed by atoms with Gasteiger partial charge in [-0.05, 0) is 12.8 Å². The maximum Gasteiger partial charge on any atom is 0.308 e. The molecule has 1 fully saturated rings. The number of sulfone groups is 1. The molecule has 1 rings (SSSR count). The summed E-state index contributed by atoms with van der Waals surface area (Å²) in [5, 5.41) is 12.0. The van der Waals surface area contributed by atoms with Crippen molar-refractivity contribution in [2.24, 2.45) is 5.92 Å². The summed E-state index contributed by atoms with van der Waals surface area (Å²) in [6.07, 6.45) is 5.53. The molecular weight excluding hydrogens is 230 g/mol. The highest BCUT2D eigenvalue weighted by Crippen LogP contribution is 2.17. The van der Waals surface area contributed by atoms with Crippen LogP contribution in [0.2, 0.25) is 0 Å². The van der Waals surface area contributed by atoms with E-state index in [2.05, 4.69) is 5.32 Å². The van der Waals surface area contributed by atoms with Crippen LogP contribution in [0.15, 0.2) is 0 Å². The number of hydrogen-bond acceptors (Lipinski definition) is 4. The lowest BCUT2D eigenvalue weighted by molar-refractivity contribution is -0.140. The molecule has 0 amide bonds. The number of carboxylic acids is 1. The van der Waals surface area contributed by atoms with Gasteiger partial charge in [0.2, 0.25) is 0 Å². The van der Waals surface area contributed by atoms with Gasteiger partial charge in [-0.25, -0.2) is 8.42 Å². The Labute approximate surface area is 96.1 Å². The van der Waals surface area contributed by atoms with Gasteiger partial charge < -0.3 is 10.4 Å². The SMILES string of the molecule is CS(=O)(=O)CC(CNC1CCCC1)C(=O)O. The second-order valence-corrected chi connectivity index (χ2v) is 6.70. The molecule has 0 aromatic heterocycles. The van der Waals surface area contributed by atoms with Crippen LogP contribution >= 0.6 is 0 Å². The Morgan fingerprint density at radius 3 is 2.44 bits per heavy atom. The summed E-state index contributed by atoms with van der Waals surface area (Å²) in [4.78, 5) is 10.9. The first-order valence-electron chi connectivity index (χ1n) is 5.52. The lowest BCUT2D eigenvalue weighted by Crippen LogP contribution is -2.37. The molecule has 16 heavy (non-hydrogen) atoms. The molecule has 6 heteroatoms. The second kappa shape index (κ2) is 5.63. The van der Waals surface area contributed by atoms with E-state index >= 15 is 0 Å². The molecule has 2 N–H and O–H groups in total. The van der Waals surface area contributed by atoms with Crippen LogP contribution in [0.5, 0.6) is 0 Å². The van der Waals surface area contributed by atoms with Crippen LogP contribution in [-0.4, -0.2) is 44.1 Å². The summed E-state index contributed by atoms with van der Waals surface area (Å²) in [6.45, 7) is 0.243. The van der Waals surface area contributed by atoms with E-state index in [0.29, 0.717) is 6.04 Å². The van der Waals surface area contributed by atoms with Crippen LogP contribution in [0, 0.1) is 5.92 Å². The van der Waals surface area contributed by atoms with E-state index in [1.54, 1.807) is 0 Å². The van der Waals surface area contributed by atoms with Crippen LogP contribution in [0.25, 0.3) is 0 Å². The molecule has 1 unspecified atom stereocenters. The van der Waals surface area contributed by atoms with Crippen molar-refractivity contribution in [2.75, 3.05) is 18.6 Å². The van der Waals surface area contributed by atoms with Crippen molar-refractivity contribution >= 4 is 15.8 Å². The van der Waals surface area contributed by atoms with Gasteiger partial charge in [-0.15, -0.1) is 0 Å². The van der Waals surface area contributed by atoms with Crippen molar-refractivity contribution in [1.82, 2.24) is 5.32 Å². The minimum atomic E-state index is -3.23. The van der Waals surface area contributed by atoms with Gasteiger partial charge in [-0.2, -0.15) is 0 Å². The minimum Gasteiger partial charge on any atom is -0.481 e. The Hall–Kier alpha value is -0.620. The molecule has 0 aromatic carbocycles. The van der Waals surface area contributed by atoms with E-state index in [4.69, 9.17) is 5.11 Å². The van der Waals surface area contributed by atoms with E-state index in [-0.39, 0.29) is 12.3 Å². The summed E-state index contributed by atoms with van der Waals surface area (Å²) in [7, 11) is -3.23. The first kappa shape index (κ1) is 13.4. The third kappa shape index (κ3) is 4.94. The summed E-state index contributed by atoms with van der Waals surface area (Å²) in [6, 6.07) is 0.362. The predicted molar refractivity (Wildman–Crippen MR) is 61.1 cm³/mol. The highest BCUT2D eigenvalue weighted by Gasteiger charge is 2.24. The van der Waals surface area contributed by atoms with E-state index in [9.17, 15) is 13.2 Å². The fourth-order valence-electron chi connectivity index (χ4n) is 2.02. The van der Waals surface area contributed by atoms with E-state index in [1.807, 2.05) is 0 Å². The van der Waals surface area contributed by atoms with Gasteiger partial charge in [0.1, 0.15) is 9.84 Å². The zero-order valence-corrected chi connectivity index (χ0v) is 10.3. The summed E-state index contributed by atoms with van der Waals surface area (Å²) < 4.78 is 22.1. The average molecular weight is 249 g/mol. The Balaban J connectivity index is 2.41. The molecule has 1 saturated carbocycles. The van der Waals surface area contributed by atoms with Gasteiger partial charge in [0.15, 0.2) is 0 Å². The molecule has 0 aromatic rings. The molecule has 1 aliphatic carbocycles. The zero-order chi connectivity index (χ0) is 12.2. The van der Waals surface area contributed by atoms with Crippen LogP contribution < -0.4 is 5.32 Å². The third-order valence-corrected chi connectivity index (χ3v) is 3.87. The van der Waals surface area contributed by atoms with Gasteiger partial charge in [-0.3, -0.25) is 4.79 Å². The van der Waals surface area contributed by atoms with Crippen LogP contribution in [0.1, 0.15) is 25.7 Å². The molecule has 0 aliphatic heterocycles. The molecule has 0 saturated heterocycles. The standard InChI is InChI=1S/C10H19NO4S/c1-16(14,15)7-8(10(12)13)6-11-9-4-2-3-5-9/h8-9,11H,2-7H2,1H3,(H,12,13). The van der Waals surface area contributed by atoms with E-state index in [1.165, 1.54) is 12.8 Å². The minimum absolute atomic E-state index is 0.243. The lowest BCUT2D eigenvalue weighted by atomic mass is 10.1. The Morgan fingerprint density at radius 2 is 2.00 bits per heavy atom. The number of carboxylic acid groups (broad SMARTS) is 1. The molecule has 0 heterocycles. The molecule has 0 radical (unpaired) electrons. The largest absolute Gasteiger partial charge is 0.481 e. The Kier molecular flexibility index (Phi) is 4.73. The zero-order valence-electron chi connectivity index (χ0n) is 9.48. The first-order chi connectivity index (χ1) is 7.38. The second-order valence-electron chi connectivity index (χ2n) is 4.52.